The van der Waals surface area contributed by atoms with E-state index in [2.05, 4.69) is 5.10 Å². The predicted octanol–water partition coefficient (Wildman–Crippen LogP) is 1.59. The van der Waals surface area contributed by atoms with Crippen molar-refractivity contribution in [3.63, 3.8) is 0 Å². The van der Waals surface area contributed by atoms with E-state index >= 15 is 0 Å². The van der Waals surface area contributed by atoms with E-state index in [0.29, 0.717) is 18.5 Å². The van der Waals surface area contributed by atoms with Crippen molar-refractivity contribution in [1.82, 2.24) is 14.7 Å². The van der Waals surface area contributed by atoms with Crippen LogP contribution in [0, 0.1) is 6.92 Å². The lowest BCUT2D eigenvalue weighted by Crippen LogP contribution is -2.44. The van der Waals surface area contributed by atoms with Crippen molar-refractivity contribution in [2.75, 3.05) is 6.54 Å². The fraction of sp³-hybridized carbons (Fsp3) is 0.643. The third-order valence-corrected chi connectivity index (χ3v) is 3.82. The van der Waals surface area contributed by atoms with Crippen LogP contribution in [0.5, 0.6) is 0 Å². The summed E-state index contributed by atoms with van der Waals surface area (Å²) >= 11 is 0. The molecule has 6 nitrogen and oxygen atoms in total. The Morgan fingerprint density at radius 1 is 1.45 bits per heavy atom. The molecule has 1 aliphatic rings. The van der Waals surface area contributed by atoms with Crippen LogP contribution < -0.4 is 0 Å². The van der Waals surface area contributed by atoms with E-state index in [-0.39, 0.29) is 18.4 Å². The number of aliphatic carboxylic acids is 1. The van der Waals surface area contributed by atoms with Gasteiger partial charge < -0.3 is 10.0 Å². The van der Waals surface area contributed by atoms with Gasteiger partial charge in [-0.3, -0.25) is 14.3 Å². The number of piperidine rings is 1. The molecule has 0 saturated carbocycles. The number of carboxylic acid groups (broad SMARTS) is 1. The second kappa shape index (κ2) is 6.07. The lowest BCUT2D eigenvalue weighted by Gasteiger charge is -2.35. The second-order valence-corrected chi connectivity index (χ2v) is 5.38. The van der Waals surface area contributed by atoms with E-state index in [1.165, 1.54) is 0 Å². The van der Waals surface area contributed by atoms with E-state index in [4.69, 9.17) is 5.11 Å². The largest absolute Gasteiger partial charge is 0.481 e. The van der Waals surface area contributed by atoms with Crippen molar-refractivity contribution in [2.24, 2.45) is 7.05 Å². The lowest BCUT2D eigenvalue weighted by molar-refractivity contribution is -0.137. The average Bonchev–Trinajstić information content (AvgIpc) is 2.75. The number of hydrogen-bond acceptors (Lipinski definition) is 3. The van der Waals surface area contributed by atoms with Crippen LogP contribution in [0.1, 0.15) is 48.2 Å². The van der Waals surface area contributed by atoms with Crippen LogP contribution in [-0.2, 0) is 11.8 Å². The molecule has 2 rings (SSSR count). The number of amides is 1. The molecule has 20 heavy (non-hydrogen) atoms. The van der Waals surface area contributed by atoms with Gasteiger partial charge in [-0.05, 0) is 32.6 Å². The lowest BCUT2D eigenvalue weighted by atomic mass is 9.97. The highest BCUT2D eigenvalue weighted by molar-refractivity contribution is 5.95. The maximum absolute atomic E-state index is 12.6. The molecular formula is C14H21N3O3. The van der Waals surface area contributed by atoms with Crippen molar-refractivity contribution < 1.29 is 14.7 Å². The van der Waals surface area contributed by atoms with Gasteiger partial charge in [0.2, 0.25) is 0 Å². The SMILES string of the molecule is Cc1nn(C)cc1C(=O)N1CCCCC1CCC(=O)O. The standard InChI is InChI=1S/C14H21N3O3/c1-10-12(9-16(2)15-10)14(20)17-8-4-3-5-11(17)6-7-13(18)19/h9,11H,3-8H2,1-2H3,(H,18,19). The molecule has 0 bridgehead atoms. The number of rotatable bonds is 4. The Labute approximate surface area is 118 Å². The van der Waals surface area contributed by atoms with Gasteiger partial charge in [-0.25, -0.2) is 0 Å². The van der Waals surface area contributed by atoms with E-state index < -0.39 is 5.97 Å². The van der Waals surface area contributed by atoms with Crippen molar-refractivity contribution in [1.29, 1.82) is 0 Å². The van der Waals surface area contributed by atoms with Gasteiger partial charge in [0.1, 0.15) is 0 Å². The van der Waals surface area contributed by atoms with Crippen molar-refractivity contribution in [3.8, 4) is 0 Å². The summed E-state index contributed by atoms with van der Waals surface area (Å²) in [6.45, 7) is 2.53. The monoisotopic (exact) mass is 279 g/mol. The van der Waals surface area contributed by atoms with Gasteiger partial charge in [-0.1, -0.05) is 0 Å². The van der Waals surface area contributed by atoms with E-state index in [0.717, 1.165) is 25.0 Å². The number of carbonyl (C=O) groups excluding carboxylic acids is 1. The fourth-order valence-corrected chi connectivity index (χ4v) is 2.82. The van der Waals surface area contributed by atoms with Crippen LogP contribution in [0.3, 0.4) is 0 Å². The molecule has 1 amide bonds. The minimum absolute atomic E-state index is 0.0225. The third-order valence-electron chi connectivity index (χ3n) is 3.82. The first-order chi connectivity index (χ1) is 9.49. The average molecular weight is 279 g/mol. The molecule has 1 aromatic heterocycles. The van der Waals surface area contributed by atoms with Gasteiger partial charge in [0.15, 0.2) is 0 Å². The molecule has 1 atom stereocenters. The van der Waals surface area contributed by atoms with Gasteiger partial charge in [-0.2, -0.15) is 5.10 Å². The molecule has 6 heteroatoms. The summed E-state index contributed by atoms with van der Waals surface area (Å²) in [7, 11) is 1.79. The first-order valence-electron chi connectivity index (χ1n) is 7.02. The maximum Gasteiger partial charge on any atom is 0.303 e. The van der Waals surface area contributed by atoms with Crippen LogP contribution in [0.15, 0.2) is 6.20 Å². The molecule has 1 unspecified atom stereocenters. The smallest absolute Gasteiger partial charge is 0.303 e. The molecule has 0 spiro atoms. The summed E-state index contributed by atoms with van der Waals surface area (Å²) in [6, 6.07) is 0.0342. The van der Waals surface area contributed by atoms with Crippen molar-refractivity contribution in [2.45, 2.75) is 45.1 Å². The highest BCUT2D eigenvalue weighted by Crippen LogP contribution is 2.23. The molecule has 1 saturated heterocycles. The Balaban J connectivity index is 2.12. The van der Waals surface area contributed by atoms with Gasteiger partial charge >= 0.3 is 5.97 Å². The molecule has 110 valence electrons. The van der Waals surface area contributed by atoms with Gasteiger partial charge in [0, 0.05) is 32.3 Å². The number of likely N-dealkylation sites (tertiary alicyclic amines) is 1. The Bertz CT molecular complexity index is 510. The quantitative estimate of drug-likeness (QED) is 0.908. The number of nitrogens with zero attached hydrogens (tertiary/aromatic N) is 3. The van der Waals surface area contributed by atoms with Gasteiger partial charge in [-0.15, -0.1) is 0 Å². The number of carboxylic acids is 1. The van der Waals surface area contributed by atoms with Crippen molar-refractivity contribution >= 4 is 11.9 Å². The van der Waals surface area contributed by atoms with Crippen LogP contribution in [0.2, 0.25) is 0 Å². The summed E-state index contributed by atoms with van der Waals surface area (Å²) in [6.07, 6.45) is 5.30. The zero-order valence-electron chi connectivity index (χ0n) is 12.0. The number of hydrogen-bond donors (Lipinski definition) is 1. The van der Waals surface area contributed by atoms with Crippen LogP contribution in [0.25, 0.3) is 0 Å². The number of aromatic nitrogens is 2. The Morgan fingerprint density at radius 3 is 2.80 bits per heavy atom. The van der Waals surface area contributed by atoms with E-state index in [9.17, 15) is 9.59 Å². The molecule has 0 radical (unpaired) electrons. The molecular weight excluding hydrogens is 258 g/mol. The number of aryl methyl sites for hydroxylation is 2. The first kappa shape index (κ1) is 14.6. The van der Waals surface area contributed by atoms with Crippen LogP contribution >= 0.6 is 0 Å². The van der Waals surface area contributed by atoms with E-state index in [1.54, 1.807) is 17.9 Å². The highest BCUT2D eigenvalue weighted by Gasteiger charge is 2.29. The molecule has 1 aromatic rings. The number of carbonyl (C=O) groups is 2. The zero-order chi connectivity index (χ0) is 14.7. The molecule has 1 fully saturated rings. The predicted molar refractivity (Wildman–Crippen MR) is 73.5 cm³/mol. The topological polar surface area (TPSA) is 75.4 Å². The summed E-state index contributed by atoms with van der Waals surface area (Å²) in [4.78, 5) is 25.2. The summed E-state index contributed by atoms with van der Waals surface area (Å²) in [5, 5.41) is 13.0. The zero-order valence-corrected chi connectivity index (χ0v) is 12.0. The van der Waals surface area contributed by atoms with Crippen LogP contribution in [0.4, 0.5) is 0 Å². The highest BCUT2D eigenvalue weighted by atomic mass is 16.4. The minimum atomic E-state index is -0.805. The molecule has 1 aliphatic heterocycles. The summed E-state index contributed by atoms with van der Waals surface area (Å²) in [5.74, 6) is -0.828. The first-order valence-corrected chi connectivity index (χ1v) is 7.02. The Kier molecular flexibility index (Phi) is 4.42. The second-order valence-electron chi connectivity index (χ2n) is 5.38. The van der Waals surface area contributed by atoms with Gasteiger partial charge in [0.25, 0.3) is 5.91 Å². The Hall–Kier alpha value is -1.85. The third kappa shape index (κ3) is 3.18. The summed E-state index contributed by atoms with van der Waals surface area (Å²) < 4.78 is 1.64. The van der Waals surface area contributed by atoms with E-state index in [1.807, 2.05) is 11.8 Å². The molecule has 0 aromatic carbocycles. The maximum atomic E-state index is 12.6. The fourth-order valence-electron chi connectivity index (χ4n) is 2.82. The minimum Gasteiger partial charge on any atom is -0.481 e. The molecule has 1 N–H and O–H groups in total. The summed E-state index contributed by atoms with van der Waals surface area (Å²) in [5.41, 5.74) is 1.34. The van der Waals surface area contributed by atoms with Crippen LogP contribution in [-0.4, -0.2) is 44.3 Å². The molecule has 0 aliphatic carbocycles. The molecule has 2 heterocycles. The Morgan fingerprint density at radius 2 is 2.20 bits per heavy atom. The van der Waals surface area contributed by atoms with Crippen molar-refractivity contribution in [3.05, 3.63) is 17.5 Å². The normalized spacial score (nSPS) is 19.1. The van der Waals surface area contributed by atoms with Gasteiger partial charge in [0.05, 0.1) is 11.3 Å².